The van der Waals surface area contributed by atoms with Crippen LogP contribution in [-0.4, -0.2) is 30.9 Å². The van der Waals surface area contributed by atoms with Crippen molar-refractivity contribution in [2.45, 2.75) is 33.7 Å². The molecule has 35 heavy (non-hydrogen) atoms. The van der Waals surface area contributed by atoms with Gasteiger partial charge in [0.15, 0.2) is 16.3 Å². The van der Waals surface area contributed by atoms with Gasteiger partial charge < -0.3 is 14.2 Å². The molecule has 182 valence electrons. The summed E-state index contributed by atoms with van der Waals surface area (Å²) >= 11 is 1.30. The number of esters is 1. The minimum absolute atomic E-state index is 0.215. The molecule has 3 aromatic rings. The van der Waals surface area contributed by atoms with Crippen LogP contribution in [0.5, 0.6) is 11.5 Å². The molecule has 4 rings (SSSR count). The molecular weight excluding hydrogens is 464 g/mol. The quantitative estimate of drug-likeness (QED) is 0.472. The van der Waals surface area contributed by atoms with E-state index in [1.165, 1.54) is 11.3 Å². The Bertz CT molecular complexity index is 1460. The van der Waals surface area contributed by atoms with Crippen molar-refractivity contribution in [2.75, 3.05) is 20.3 Å². The number of fused-ring (bicyclic) bond motifs is 1. The number of allylic oxidation sites excluding steroid dienone is 1. The van der Waals surface area contributed by atoms with Crippen molar-refractivity contribution >= 4 is 23.4 Å². The molecule has 2 heterocycles. The lowest BCUT2D eigenvalue weighted by atomic mass is 9.95. The summed E-state index contributed by atoms with van der Waals surface area (Å²) in [6.45, 7) is 8.08. The van der Waals surface area contributed by atoms with Gasteiger partial charge in [-0.3, -0.25) is 9.36 Å². The van der Waals surface area contributed by atoms with Crippen LogP contribution in [0.4, 0.5) is 0 Å². The van der Waals surface area contributed by atoms with Crippen molar-refractivity contribution < 1.29 is 19.0 Å². The molecule has 0 radical (unpaired) electrons. The molecule has 0 saturated heterocycles. The molecular formula is C27H28N2O5S. The molecule has 0 unspecified atom stereocenters. The first kappa shape index (κ1) is 24.5. The van der Waals surface area contributed by atoms with Crippen LogP contribution in [-0.2, 0) is 9.53 Å². The Kier molecular flexibility index (Phi) is 7.21. The van der Waals surface area contributed by atoms with Crippen molar-refractivity contribution in [3.05, 3.63) is 90.1 Å². The first-order chi connectivity index (χ1) is 16.9. The number of nitrogens with zero attached hydrogens (tertiary/aromatic N) is 2. The van der Waals surface area contributed by atoms with Gasteiger partial charge in [0, 0.05) is 0 Å². The highest BCUT2D eigenvalue weighted by atomic mass is 32.1. The Labute approximate surface area is 207 Å². The number of ether oxygens (including phenoxy) is 3. The number of aromatic nitrogens is 1. The standard InChI is InChI=1S/C27H28N2O5S/c1-6-33-21-15-19(12-13-20(21)32-5)24-23(26(31)34-7-2)17(4)28-27-29(24)25(30)22(35-27)14-18-10-8-16(3)9-11-18/h8-15,24H,6-7H2,1-5H3/b22-14-/t24-/m0/s1. The molecule has 8 heteroatoms. The van der Waals surface area contributed by atoms with Crippen LogP contribution in [0.15, 0.2) is 63.5 Å². The second-order valence-corrected chi connectivity index (χ2v) is 9.07. The van der Waals surface area contributed by atoms with Gasteiger partial charge in [-0.15, -0.1) is 0 Å². The Morgan fingerprint density at radius 2 is 1.83 bits per heavy atom. The van der Waals surface area contributed by atoms with Crippen LogP contribution in [0.25, 0.3) is 6.08 Å². The van der Waals surface area contributed by atoms with E-state index in [0.29, 0.717) is 44.3 Å². The van der Waals surface area contributed by atoms with Gasteiger partial charge in [0.1, 0.15) is 0 Å². The minimum Gasteiger partial charge on any atom is -0.493 e. The zero-order valence-corrected chi connectivity index (χ0v) is 21.3. The van der Waals surface area contributed by atoms with Gasteiger partial charge in [0.2, 0.25) is 0 Å². The number of hydrogen-bond acceptors (Lipinski definition) is 7. The summed E-state index contributed by atoms with van der Waals surface area (Å²) < 4.78 is 18.7. The predicted molar refractivity (Wildman–Crippen MR) is 136 cm³/mol. The average molecular weight is 493 g/mol. The molecule has 0 fully saturated rings. The normalized spacial score (nSPS) is 15.5. The molecule has 1 atom stereocenters. The highest BCUT2D eigenvalue weighted by Crippen LogP contribution is 2.36. The number of carbonyl (C=O) groups excluding carboxylic acids is 1. The van der Waals surface area contributed by atoms with Crippen molar-refractivity contribution in [1.82, 2.24) is 4.57 Å². The largest absolute Gasteiger partial charge is 0.493 e. The van der Waals surface area contributed by atoms with Crippen molar-refractivity contribution in [2.24, 2.45) is 4.99 Å². The zero-order chi connectivity index (χ0) is 25.1. The molecule has 1 aliphatic heterocycles. The van der Waals surface area contributed by atoms with Crippen molar-refractivity contribution in [3.8, 4) is 11.5 Å². The van der Waals surface area contributed by atoms with Gasteiger partial charge in [-0.2, -0.15) is 0 Å². The van der Waals surface area contributed by atoms with Crippen molar-refractivity contribution in [3.63, 3.8) is 0 Å². The Morgan fingerprint density at radius 3 is 2.49 bits per heavy atom. The predicted octanol–water partition coefficient (Wildman–Crippen LogP) is 3.51. The van der Waals surface area contributed by atoms with E-state index < -0.39 is 12.0 Å². The molecule has 0 N–H and O–H groups in total. The van der Waals surface area contributed by atoms with E-state index in [1.807, 2.05) is 56.3 Å². The Balaban J connectivity index is 1.96. The summed E-state index contributed by atoms with van der Waals surface area (Å²) in [6, 6.07) is 12.7. The van der Waals surface area contributed by atoms with Crippen LogP contribution in [0.1, 0.15) is 43.5 Å². The van der Waals surface area contributed by atoms with E-state index in [4.69, 9.17) is 14.2 Å². The molecule has 0 saturated carbocycles. The summed E-state index contributed by atoms with van der Waals surface area (Å²) in [5.41, 5.74) is 3.39. The number of rotatable bonds is 7. The van der Waals surface area contributed by atoms with E-state index in [9.17, 15) is 9.59 Å². The van der Waals surface area contributed by atoms with E-state index in [2.05, 4.69) is 4.99 Å². The molecule has 0 spiro atoms. The third kappa shape index (κ3) is 4.79. The van der Waals surface area contributed by atoms with Gasteiger partial charge >= 0.3 is 5.97 Å². The molecule has 0 amide bonds. The van der Waals surface area contributed by atoms with Crippen LogP contribution in [0.3, 0.4) is 0 Å². The fourth-order valence-corrected chi connectivity index (χ4v) is 5.10. The summed E-state index contributed by atoms with van der Waals surface area (Å²) in [7, 11) is 1.57. The third-order valence-corrected chi connectivity index (χ3v) is 6.68. The van der Waals surface area contributed by atoms with Gasteiger partial charge in [-0.1, -0.05) is 47.2 Å². The van der Waals surface area contributed by atoms with Gasteiger partial charge in [0.05, 0.1) is 42.2 Å². The fourth-order valence-electron chi connectivity index (χ4n) is 4.05. The summed E-state index contributed by atoms with van der Waals surface area (Å²) in [4.78, 5) is 31.9. The SMILES string of the molecule is CCOC(=O)C1=C(C)N=c2s/c(=C\c3ccc(C)cc3)c(=O)n2[C@H]1c1ccc(OC)c(OCC)c1. The lowest BCUT2D eigenvalue weighted by Crippen LogP contribution is -2.40. The lowest BCUT2D eigenvalue weighted by molar-refractivity contribution is -0.139. The highest BCUT2D eigenvalue weighted by Gasteiger charge is 2.33. The molecule has 1 aliphatic rings. The fraction of sp³-hybridized carbons (Fsp3) is 0.296. The number of carbonyl (C=O) groups is 1. The molecule has 0 aliphatic carbocycles. The first-order valence-corrected chi connectivity index (χ1v) is 12.3. The van der Waals surface area contributed by atoms with Crippen LogP contribution in [0.2, 0.25) is 0 Å². The average Bonchev–Trinajstić information content (AvgIpc) is 3.14. The molecule has 2 aromatic carbocycles. The van der Waals surface area contributed by atoms with Crippen molar-refractivity contribution in [1.29, 1.82) is 0 Å². The summed E-state index contributed by atoms with van der Waals surface area (Å²) in [5.74, 6) is 0.605. The maximum atomic E-state index is 13.7. The second-order valence-electron chi connectivity index (χ2n) is 8.06. The zero-order valence-electron chi connectivity index (χ0n) is 20.5. The van der Waals surface area contributed by atoms with E-state index in [-0.39, 0.29) is 12.2 Å². The topological polar surface area (TPSA) is 79.1 Å². The molecule has 7 nitrogen and oxygen atoms in total. The van der Waals surface area contributed by atoms with E-state index in [1.54, 1.807) is 31.6 Å². The summed E-state index contributed by atoms with van der Waals surface area (Å²) in [6.07, 6.45) is 1.85. The molecule has 1 aromatic heterocycles. The third-order valence-electron chi connectivity index (χ3n) is 5.70. The number of aryl methyl sites for hydroxylation is 1. The maximum absolute atomic E-state index is 13.7. The Hall–Kier alpha value is -3.65. The van der Waals surface area contributed by atoms with Gasteiger partial charge in [-0.05, 0) is 57.0 Å². The van der Waals surface area contributed by atoms with E-state index >= 15 is 0 Å². The first-order valence-electron chi connectivity index (χ1n) is 11.4. The van der Waals surface area contributed by atoms with Crippen LogP contribution in [0, 0.1) is 6.92 Å². The smallest absolute Gasteiger partial charge is 0.338 e. The minimum atomic E-state index is -0.712. The highest BCUT2D eigenvalue weighted by molar-refractivity contribution is 7.07. The number of thiazole rings is 1. The van der Waals surface area contributed by atoms with Crippen LogP contribution < -0.4 is 24.4 Å². The molecule has 0 bridgehead atoms. The summed E-state index contributed by atoms with van der Waals surface area (Å²) in [5, 5.41) is 0. The number of hydrogen-bond donors (Lipinski definition) is 0. The van der Waals surface area contributed by atoms with Gasteiger partial charge in [0.25, 0.3) is 5.56 Å². The Morgan fingerprint density at radius 1 is 1.09 bits per heavy atom. The van der Waals surface area contributed by atoms with Crippen LogP contribution >= 0.6 is 11.3 Å². The maximum Gasteiger partial charge on any atom is 0.338 e. The monoisotopic (exact) mass is 492 g/mol. The second kappa shape index (κ2) is 10.3. The van der Waals surface area contributed by atoms with Gasteiger partial charge in [-0.25, -0.2) is 9.79 Å². The number of methoxy groups -OCH3 is 1. The number of benzene rings is 2. The van der Waals surface area contributed by atoms with E-state index in [0.717, 1.165) is 11.1 Å². The lowest BCUT2D eigenvalue weighted by Gasteiger charge is -2.25.